The first-order valence-corrected chi connectivity index (χ1v) is 11.3. The number of amides is 1. The average molecular weight is 480 g/mol. The highest BCUT2D eigenvalue weighted by Gasteiger charge is 2.40. The number of nitrogen functional groups attached to an aromatic ring is 1. The molecule has 1 amide bonds. The van der Waals surface area contributed by atoms with Crippen molar-refractivity contribution in [2.45, 2.75) is 38.8 Å². The largest absolute Gasteiger partial charge is 0.497 e. The quantitative estimate of drug-likeness (QED) is 0.492. The van der Waals surface area contributed by atoms with Crippen molar-refractivity contribution in [2.24, 2.45) is 5.92 Å². The maximum Gasteiger partial charge on any atom is 0.417 e. The molecule has 6 nitrogen and oxygen atoms in total. The van der Waals surface area contributed by atoms with Gasteiger partial charge in [-0.1, -0.05) is 13.3 Å². The van der Waals surface area contributed by atoms with Crippen LogP contribution >= 0.6 is 11.3 Å². The Morgan fingerprint density at radius 1 is 1.30 bits per heavy atom. The van der Waals surface area contributed by atoms with Crippen LogP contribution < -0.4 is 20.5 Å². The minimum absolute atomic E-state index is 0.0183. The van der Waals surface area contributed by atoms with Gasteiger partial charge in [0.25, 0.3) is 5.91 Å². The molecule has 0 unspecified atom stereocenters. The molecule has 10 heteroatoms. The third-order valence-electron chi connectivity index (χ3n) is 6.07. The van der Waals surface area contributed by atoms with Crippen LogP contribution in [0.15, 0.2) is 18.2 Å². The second kappa shape index (κ2) is 8.74. The molecule has 176 valence electrons. The molecule has 1 aromatic carbocycles. The van der Waals surface area contributed by atoms with E-state index >= 15 is 0 Å². The summed E-state index contributed by atoms with van der Waals surface area (Å²) < 4.78 is 53.1. The Balaban J connectivity index is 1.81. The summed E-state index contributed by atoms with van der Waals surface area (Å²) in [5.41, 5.74) is 6.20. The SMILES string of the molecule is CC[C@H]1CCc2nc3sc(C(=O)Nc4ccc(OC)cc4OC)c(N)c3c(C(F)(F)F)c2C1. The molecule has 0 bridgehead atoms. The third kappa shape index (κ3) is 4.19. The number of pyridine rings is 1. The van der Waals surface area contributed by atoms with Crippen molar-refractivity contribution in [3.05, 3.63) is 39.9 Å². The molecule has 2 heterocycles. The van der Waals surface area contributed by atoms with Crippen molar-refractivity contribution in [2.75, 3.05) is 25.3 Å². The number of methoxy groups -OCH3 is 2. The lowest BCUT2D eigenvalue weighted by Gasteiger charge is -2.26. The highest BCUT2D eigenvalue weighted by atomic mass is 32.1. The summed E-state index contributed by atoms with van der Waals surface area (Å²) >= 11 is 0.868. The van der Waals surface area contributed by atoms with Crippen molar-refractivity contribution >= 4 is 38.8 Å². The lowest BCUT2D eigenvalue weighted by Crippen LogP contribution is -2.21. The van der Waals surface area contributed by atoms with Gasteiger partial charge >= 0.3 is 6.18 Å². The second-order valence-electron chi connectivity index (χ2n) is 7.97. The molecule has 1 atom stereocenters. The number of aromatic nitrogens is 1. The first-order valence-electron chi connectivity index (χ1n) is 10.5. The van der Waals surface area contributed by atoms with Gasteiger partial charge in [-0.05, 0) is 42.9 Å². The molecule has 33 heavy (non-hydrogen) atoms. The van der Waals surface area contributed by atoms with E-state index < -0.39 is 17.6 Å². The molecule has 1 aliphatic carbocycles. The Kier molecular flexibility index (Phi) is 6.13. The van der Waals surface area contributed by atoms with Crippen LogP contribution in [0.5, 0.6) is 11.5 Å². The number of fused-ring (bicyclic) bond motifs is 2. The maximum atomic E-state index is 14.2. The summed E-state index contributed by atoms with van der Waals surface area (Å²) in [6.07, 6.45) is -2.22. The van der Waals surface area contributed by atoms with Crippen LogP contribution in [0.25, 0.3) is 10.2 Å². The minimum Gasteiger partial charge on any atom is -0.497 e. The molecule has 0 saturated heterocycles. The van der Waals surface area contributed by atoms with E-state index in [1.54, 1.807) is 18.2 Å². The molecule has 0 fully saturated rings. The minimum atomic E-state index is -4.61. The Morgan fingerprint density at radius 3 is 2.70 bits per heavy atom. The van der Waals surface area contributed by atoms with Gasteiger partial charge in [0.2, 0.25) is 0 Å². The Labute approximate surface area is 192 Å². The van der Waals surface area contributed by atoms with Crippen molar-refractivity contribution in [1.82, 2.24) is 4.98 Å². The fraction of sp³-hybridized carbons (Fsp3) is 0.391. The normalized spacial score (nSPS) is 15.9. The summed E-state index contributed by atoms with van der Waals surface area (Å²) in [7, 11) is 2.93. The number of nitrogens with two attached hydrogens (primary N) is 1. The maximum absolute atomic E-state index is 14.2. The van der Waals surface area contributed by atoms with Gasteiger partial charge in [0.15, 0.2) is 0 Å². The number of ether oxygens (including phenoxy) is 2. The molecule has 0 aliphatic heterocycles. The molecule has 0 spiro atoms. The molecule has 0 radical (unpaired) electrons. The molecular weight excluding hydrogens is 455 g/mol. The smallest absolute Gasteiger partial charge is 0.417 e. The van der Waals surface area contributed by atoms with Gasteiger partial charge in [-0.25, -0.2) is 4.98 Å². The number of rotatable bonds is 5. The Hall–Kier alpha value is -3.01. The van der Waals surface area contributed by atoms with Gasteiger partial charge in [-0.2, -0.15) is 13.2 Å². The summed E-state index contributed by atoms with van der Waals surface area (Å²) in [6, 6.07) is 4.81. The zero-order valence-electron chi connectivity index (χ0n) is 18.4. The van der Waals surface area contributed by atoms with Gasteiger partial charge in [0.1, 0.15) is 21.2 Å². The van der Waals surface area contributed by atoms with Crippen LogP contribution in [0, 0.1) is 5.92 Å². The standard InChI is InChI=1S/C23H24F3N3O3S/c1-4-11-5-7-14-13(9-11)18(23(24,25)26)17-19(27)20(33-22(17)29-14)21(30)28-15-8-6-12(31-2)10-16(15)32-3/h6,8,10-11H,4-5,7,9,27H2,1-3H3,(H,28,30)/t11-/m0/s1. The van der Waals surface area contributed by atoms with Crippen LogP contribution in [0.1, 0.15) is 46.3 Å². The molecule has 1 aliphatic rings. The first-order chi connectivity index (χ1) is 15.7. The Bertz CT molecular complexity index is 1220. The van der Waals surface area contributed by atoms with E-state index in [1.165, 1.54) is 14.2 Å². The monoisotopic (exact) mass is 479 g/mol. The van der Waals surface area contributed by atoms with Crippen molar-refractivity contribution in [3.8, 4) is 11.5 Å². The van der Waals surface area contributed by atoms with Crippen molar-refractivity contribution in [1.29, 1.82) is 0 Å². The second-order valence-corrected chi connectivity index (χ2v) is 8.97. The van der Waals surface area contributed by atoms with Crippen LogP contribution in [0.4, 0.5) is 24.5 Å². The number of anilines is 2. The number of hydrogen-bond donors (Lipinski definition) is 2. The van der Waals surface area contributed by atoms with Crippen molar-refractivity contribution in [3.63, 3.8) is 0 Å². The highest BCUT2D eigenvalue weighted by molar-refractivity contribution is 7.21. The van der Waals surface area contributed by atoms with E-state index in [9.17, 15) is 18.0 Å². The molecule has 2 aromatic heterocycles. The number of benzene rings is 1. The number of carbonyl (C=O) groups is 1. The zero-order valence-corrected chi connectivity index (χ0v) is 19.2. The number of alkyl halides is 3. The van der Waals surface area contributed by atoms with Crippen LogP contribution in [-0.4, -0.2) is 25.1 Å². The Morgan fingerprint density at radius 2 is 2.06 bits per heavy atom. The number of hydrogen-bond acceptors (Lipinski definition) is 6. The number of aryl methyl sites for hydroxylation is 1. The predicted molar refractivity (Wildman–Crippen MR) is 122 cm³/mol. The first kappa shape index (κ1) is 23.2. The van der Waals surface area contributed by atoms with Crippen LogP contribution in [-0.2, 0) is 19.0 Å². The van der Waals surface area contributed by atoms with Crippen LogP contribution in [0.3, 0.4) is 0 Å². The third-order valence-corrected chi connectivity index (χ3v) is 7.17. The fourth-order valence-corrected chi connectivity index (χ4v) is 5.33. The fourth-order valence-electron chi connectivity index (χ4n) is 4.31. The van der Waals surface area contributed by atoms with E-state index in [4.69, 9.17) is 15.2 Å². The lowest BCUT2D eigenvalue weighted by molar-refractivity contribution is -0.137. The molecule has 4 rings (SSSR count). The van der Waals surface area contributed by atoms with Gasteiger partial charge in [-0.15, -0.1) is 11.3 Å². The molecular formula is C23H24F3N3O3S. The number of carbonyl (C=O) groups excluding carboxylic acids is 1. The average Bonchev–Trinajstić information content (AvgIpc) is 3.12. The van der Waals surface area contributed by atoms with E-state index in [1.807, 2.05) is 6.92 Å². The van der Waals surface area contributed by atoms with E-state index in [0.717, 1.165) is 24.2 Å². The van der Waals surface area contributed by atoms with E-state index in [0.29, 0.717) is 35.7 Å². The topological polar surface area (TPSA) is 86.5 Å². The van der Waals surface area contributed by atoms with Gasteiger partial charge in [-0.3, -0.25) is 4.79 Å². The van der Waals surface area contributed by atoms with Gasteiger partial charge < -0.3 is 20.5 Å². The number of nitrogens with one attached hydrogen (secondary N) is 1. The summed E-state index contributed by atoms with van der Waals surface area (Å²) in [4.78, 5) is 17.6. The summed E-state index contributed by atoms with van der Waals surface area (Å²) in [6.45, 7) is 1.98. The summed E-state index contributed by atoms with van der Waals surface area (Å²) in [5, 5.41) is 2.49. The summed E-state index contributed by atoms with van der Waals surface area (Å²) in [5.74, 6) is 0.415. The number of thiophene rings is 1. The molecule has 0 saturated carbocycles. The van der Waals surface area contributed by atoms with Crippen molar-refractivity contribution < 1.29 is 27.4 Å². The van der Waals surface area contributed by atoms with Gasteiger partial charge in [0, 0.05) is 17.1 Å². The molecule has 3 aromatic rings. The van der Waals surface area contributed by atoms with E-state index in [-0.39, 0.29) is 32.3 Å². The van der Waals surface area contributed by atoms with E-state index in [2.05, 4.69) is 10.3 Å². The lowest BCUT2D eigenvalue weighted by atomic mass is 9.82. The number of nitrogens with zero attached hydrogens (tertiary/aromatic N) is 1. The number of halogens is 3. The highest BCUT2D eigenvalue weighted by Crippen LogP contribution is 2.46. The van der Waals surface area contributed by atoms with Crippen LogP contribution in [0.2, 0.25) is 0 Å². The molecule has 3 N–H and O–H groups in total. The predicted octanol–water partition coefficient (Wildman–Crippen LogP) is 5.68. The van der Waals surface area contributed by atoms with Gasteiger partial charge in [0.05, 0.1) is 31.2 Å². The zero-order chi connectivity index (χ0) is 23.9.